The lowest BCUT2D eigenvalue weighted by molar-refractivity contribution is 0.289. The molecule has 1 unspecified atom stereocenters. The highest BCUT2D eigenvalue weighted by molar-refractivity contribution is 4.90. The van der Waals surface area contributed by atoms with Crippen LogP contribution in [0.4, 0.5) is 0 Å². The van der Waals surface area contributed by atoms with Gasteiger partial charge < -0.3 is 10.3 Å². The molecule has 0 aromatic carbocycles. The average Bonchev–Trinajstić information content (AvgIpc) is 2.75. The molecule has 1 atom stereocenters. The van der Waals surface area contributed by atoms with Crippen molar-refractivity contribution in [2.75, 3.05) is 20.1 Å². The van der Waals surface area contributed by atoms with Gasteiger partial charge in [-0.3, -0.25) is 4.90 Å². The number of hydrogen-bond donors (Lipinski definition) is 1. The smallest absolute Gasteiger partial charge is 0.122 e. The third kappa shape index (κ3) is 6.21. The van der Waals surface area contributed by atoms with E-state index in [1.165, 1.54) is 32.1 Å². The number of hydrogen-bond acceptors (Lipinski definition) is 3. The SMILES string of the molecule is CCCC(CCN)CCCN(C)Cc1nccn1C. The molecule has 4 heteroatoms. The molecule has 0 amide bonds. The van der Waals surface area contributed by atoms with Gasteiger partial charge in [-0.1, -0.05) is 19.8 Å². The van der Waals surface area contributed by atoms with Crippen LogP contribution < -0.4 is 5.73 Å². The van der Waals surface area contributed by atoms with Crippen LogP contribution in [0, 0.1) is 5.92 Å². The molecule has 0 aliphatic carbocycles. The van der Waals surface area contributed by atoms with Crippen molar-refractivity contribution < 1.29 is 0 Å². The van der Waals surface area contributed by atoms with Crippen LogP contribution >= 0.6 is 0 Å². The summed E-state index contributed by atoms with van der Waals surface area (Å²) in [5.74, 6) is 1.95. The molecule has 0 aliphatic rings. The van der Waals surface area contributed by atoms with E-state index < -0.39 is 0 Å². The Labute approximate surface area is 118 Å². The average molecular weight is 266 g/mol. The summed E-state index contributed by atoms with van der Waals surface area (Å²) in [5.41, 5.74) is 5.68. The van der Waals surface area contributed by atoms with E-state index in [-0.39, 0.29) is 0 Å². The van der Waals surface area contributed by atoms with Crippen LogP contribution in [-0.2, 0) is 13.6 Å². The summed E-state index contributed by atoms with van der Waals surface area (Å²) in [4.78, 5) is 6.72. The highest BCUT2D eigenvalue weighted by Crippen LogP contribution is 2.17. The molecule has 4 nitrogen and oxygen atoms in total. The van der Waals surface area contributed by atoms with Crippen LogP contribution in [0.25, 0.3) is 0 Å². The van der Waals surface area contributed by atoms with Gasteiger partial charge in [-0.25, -0.2) is 4.98 Å². The molecule has 0 aliphatic heterocycles. The lowest BCUT2D eigenvalue weighted by Crippen LogP contribution is -2.22. The molecule has 0 saturated carbocycles. The Balaban J connectivity index is 2.22. The van der Waals surface area contributed by atoms with Crippen LogP contribution in [0.15, 0.2) is 12.4 Å². The first-order valence-electron chi connectivity index (χ1n) is 7.52. The minimum Gasteiger partial charge on any atom is -0.337 e. The molecule has 0 saturated heterocycles. The molecule has 1 aromatic rings. The molecule has 1 heterocycles. The van der Waals surface area contributed by atoms with Crippen LogP contribution in [-0.4, -0.2) is 34.6 Å². The first-order chi connectivity index (χ1) is 9.17. The van der Waals surface area contributed by atoms with Gasteiger partial charge in [0.25, 0.3) is 0 Å². The highest BCUT2D eigenvalue weighted by atomic mass is 15.1. The minimum atomic E-state index is 0.816. The molecule has 110 valence electrons. The molecule has 0 bridgehead atoms. The molecule has 0 radical (unpaired) electrons. The lowest BCUT2D eigenvalue weighted by atomic mass is 9.94. The van der Waals surface area contributed by atoms with E-state index in [0.29, 0.717) is 0 Å². The summed E-state index contributed by atoms with van der Waals surface area (Å²) >= 11 is 0. The van der Waals surface area contributed by atoms with Crippen LogP contribution in [0.5, 0.6) is 0 Å². The fourth-order valence-electron chi connectivity index (χ4n) is 2.60. The largest absolute Gasteiger partial charge is 0.337 e. The van der Waals surface area contributed by atoms with Crippen molar-refractivity contribution in [3.63, 3.8) is 0 Å². The molecule has 0 fully saturated rings. The zero-order valence-electron chi connectivity index (χ0n) is 12.8. The van der Waals surface area contributed by atoms with Crippen LogP contribution in [0.1, 0.15) is 44.9 Å². The Hall–Kier alpha value is -0.870. The van der Waals surface area contributed by atoms with Crippen molar-refractivity contribution in [2.24, 2.45) is 18.7 Å². The molecule has 1 aromatic heterocycles. The first-order valence-corrected chi connectivity index (χ1v) is 7.52. The summed E-state index contributed by atoms with van der Waals surface area (Å²) in [6.07, 6.45) is 10.2. The number of aryl methyl sites for hydroxylation is 1. The summed E-state index contributed by atoms with van der Waals surface area (Å²) in [5, 5.41) is 0. The fraction of sp³-hybridized carbons (Fsp3) is 0.800. The number of imidazole rings is 1. The summed E-state index contributed by atoms with van der Waals surface area (Å²) in [7, 11) is 4.22. The molecule has 2 N–H and O–H groups in total. The molecular formula is C15H30N4. The fourth-order valence-corrected chi connectivity index (χ4v) is 2.60. The Bertz CT molecular complexity index is 329. The maximum Gasteiger partial charge on any atom is 0.122 e. The number of nitrogens with two attached hydrogens (primary N) is 1. The van der Waals surface area contributed by atoms with E-state index in [4.69, 9.17) is 5.73 Å². The van der Waals surface area contributed by atoms with E-state index in [1.807, 2.05) is 12.4 Å². The van der Waals surface area contributed by atoms with Gasteiger partial charge in [0.2, 0.25) is 0 Å². The van der Waals surface area contributed by atoms with Crippen molar-refractivity contribution >= 4 is 0 Å². The van der Waals surface area contributed by atoms with Gasteiger partial charge in [0.1, 0.15) is 5.82 Å². The zero-order chi connectivity index (χ0) is 14.1. The van der Waals surface area contributed by atoms with Gasteiger partial charge in [0.05, 0.1) is 6.54 Å². The van der Waals surface area contributed by atoms with E-state index in [2.05, 4.69) is 35.5 Å². The molecule has 1 rings (SSSR count). The monoisotopic (exact) mass is 266 g/mol. The minimum absolute atomic E-state index is 0.816. The predicted octanol–water partition coefficient (Wildman–Crippen LogP) is 2.40. The number of aromatic nitrogens is 2. The molecule has 19 heavy (non-hydrogen) atoms. The Morgan fingerprint density at radius 2 is 2.16 bits per heavy atom. The normalized spacial score (nSPS) is 13.1. The topological polar surface area (TPSA) is 47.1 Å². The van der Waals surface area contributed by atoms with Crippen molar-refractivity contribution in [3.05, 3.63) is 18.2 Å². The van der Waals surface area contributed by atoms with Crippen molar-refractivity contribution in [3.8, 4) is 0 Å². The van der Waals surface area contributed by atoms with Gasteiger partial charge in [0.15, 0.2) is 0 Å². The van der Waals surface area contributed by atoms with Gasteiger partial charge in [0, 0.05) is 19.4 Å². The third-order valence-electron chi connectivity index (χ3n) is 3.76. The second kappa shape index (κ2) is 9.10. The summed E-state index contributed by atoms with van der Waals surface area (Å²) in [6.45, 7) is 5.15. The Morgan fingerprint density at radius 3 is 2.74 bits per heavy atom. The quantitative estimate of drug-likeness (QED) is 0.707. The summed E-state index contributed by atoms with van der Waals surface area (Å²) < 4.78 is 2.09. The molecular weight excluding hydrogens is 236 g/mol. The Morgan fingerprint density at radius 1 is 1.37 bits per heavy atom. The summed E-state index contributed by atoms with van der Waals surface area (Å²) in [6, 6.07) is 0. The second-order valence-corrected chi connectivity index (χ2v) is 5.57. The number of nitrogens with zero attached hydrogens (tertiary/aromatic N) is 3. The zero-order valence-corrected chi connectivity index (χ0v) is 12.8. The standard InChI is InChI=1S/C15H30N4/c1-4-6-14(8-9-16)7-5-11-18(2)13-15-17-10-12-19(15)3/h10,12,14H,4-9,11,13,16H2,1-3H3. The van der Waals surface area contributed by atoms with E-state index in [0.717, 1.165) is 31.4 Å². The van der Waals surface area contributed by atoms with Gasteiger partial charge in [-0.2, -0.15) is 0 Å². The number of rotatable bonds is 10. The lowest BCUT2D eigenvalue weighted by Gasteiger charge is -2.19. The van der Waals surface area contributed by atoms with Crippen LogP contribution in [0.2, 0.25) is 0 Å². The highest BCUT2D eigenvalue weighted by Gasteiger charge is 2.08. The van der Waals surface area contributed by atoms with E-state index in [1.54, 1.807) is 0 Å². The van der Waals surface area contributed by atoms with Gasteiger partial charge >= 0.3 is 0 Å². The predicted molar refractivity (Wildman–Crippen MR) is 80.8 cm³/mol. The Kier molecular flexibility index (Phi) is 7.75. The van der Waals surface area contributed by atoms with Gasteiger partial charge in [-0.05, 0) is 45.3 Å². The van der Waals surface area contributed by atoms with Crippen molar-refractivity contribution in [1.29, 1.82) is 0 Å². The van der Waals surface area contributed by atoms with Gasteiger partial charge in [-0.15, -0.1) is 0 Å². The van der Waals surface area contributed by atoms with Crippen molar-refractivity contribution in [1.82, 2.24) is 14.5 Å². The molecule has 0 spiro atoms. The van der Waals surface area contributed by atoms with E-state index in [9.17, 15) is 0 Å². The maximum absolute atomic E-state index is 5.68. The second-order valence-electron chi connectivity index (χ2n) is 5.57. The maximum atomic E-state index is 5.68. The first kappa shape index (κ1) is 16.2. The third-order valence-corrected chi connectivity index (χ3v) is 3.76. The van der Waals surface area contributed by atoms with Crippen molar-refractivity contribution in [2.45, 2.75) is 45.6 Å². The van der Waals surface area contributed by atoms with Crippen LogP contribution in [0.3, 0.4) is 0 Å². The van der Waals surface area contributed by atoms with E-state index >= 15 is 0 Å².